The van der Waals surface area contributed by atoms with Crippen molar-refractivity contribution in [3.05, 3.63) is 35.4 Å². The van der Waals surface area contributed by atoms with Crippen LogP contribution < -0.4 is 5.48 Å². The van der Waals surface area contributed by atoms with E-state index in [2.05, 4.69) is 5.48 Å². The van der Waals surface area contributed by atoms with Gasteiger partial charge in [-0.1, -0.05) is 24.3 Å². The highest BCUT2D eigenvalue weighted by molar-refractivity contribution is 5.25. The number of ether oxygens (including phenoxy) is 2. The van der Waals surface area contributed by atoms with Crippen LogP contribution in [0.25, 0.3) is 0 Å². The minimum Gasteiger partial charge on any atom is -0.382 e. The summed E-state index contributed by atoms with van der Waals surface area (Å²) in [5.41, 5.74) is 4.18. The van der Waals surface area contributed by atoms with Gasteiger partial charge in [0, 0.05) is 20.8 Å². The summed E-state index contributed by atoms with van der Waals surface area (Å²) < 4.78 is 10.4. The van der Waals surface area contributed by atoms with Crippen molar-refractivity contribution in [2.24, 2.45) is 0 Å². The lowest BCUT2D eigenvalue weighted by Crippen LogP contribution is -2.10. The van der Waals surface area contributed by atoms with Crippen molar-refractivity contribution in [3.8, 4) is 0 Å². The van der Waals surface area contributed by atoms with Crippen LogP contribution in [0.4, 0.5) is 0 Å². The molecule has 0 bridgehead atoms. The Morgan fingerprint density at radius 1 is 1.40 bits per heavy atom. The van der Waals surface area contributed by atoms with E-state index in [1.165, 1.54) is 0 Å². The van der Waals surface area contributed by atoms with Gasteiger partial charge in [-0.05, 0) is 11.1 Å². The minimum absolute atomic E-state index is 0.0614. The summed E-state index contributed by atoms with van der Waals surface area (Å²) in [6.45, 7) is 0.948. The van der Waals surface area contributed by atoms with E-state index in [9.17, 15) is 0 Å². The van der Waals surface area contributed by atoms with Crippen molar-refractivity contribution in [2.75, 3.05) is 20.8 Å². The standard InChI is InChI=1S/C11H17NO3/c1-14-8-11(15-2)10-5-3-4-9(6-10)7-12-13/h3-6,11-13H,7-8H2,1-2H3. The molecule has 0 aromatic heterocycles. The van der Waals surface area contributed by atoms with Crippen LogP contribution in [0.2, 0.25) is 0 Å². The first kappa shape index (κ1) is 12.1. The fraction of sp³-hybridized carbons (Fsp3) is 0.455. The van der Waals surface area contributed by atoms with E-state index in [0.29, 0.717) is 13.2 Å². The fourth-order valence-corrected chi connectivity index (χ4v) is 1.45. The van der Waals surface area contributed by atoms with Crippen molar-refractivity contribution in [2.45, 2.75) is 12.6 Å². The SMILES string of the molecule is COCC(OC)c1cccc(CNO)c1. The number of methoxy groups -OCH3 is 2. The summed E-state index contributed by atoms with van der Waals surface area (Å²) in [6, 6.07) is 7.83. The van der Waals surface area contributed by atoms with Gasteiger partial charge in [0.05, 0.1) is 6.61 Å². The molecule has 1 aromatic rings. The van der Waals surface area contributed by atoms with Crippen molar-refractivity contribution in [3.63, 3.8) is 0 Å². The molecule has 15 heavy (non-hydrogen) atoms. The van der Waals surface area contributed by atoms with E-state index >= 15 is 0 Å². The molecule has 0 spiro atoms. The van der Waals surface area contributed by atoms with Gasteiger partial charge in [0.15, 0.2) is 0 Å². The van der Waals surface area contributed by atoms with E-state index in [0.717, 1.165) is 11.1 Å². The summed E-state index contributed by atoms with van der Waals surface area (Å²) >= 11 is 0. The van der Waals surface area contributed by atoms with Gasteiger partial charge in [-0.2, -0.15) is 0 Å². The molecule has 1 rings (SSSR count). The lowest BCUT2D eigenvalue weighted by atomic mass is 10.1. The minimum atomic E-state index is -0.0614. The summed E-state index contributed by atoms with van der Waals surface area (Å²) in [7, 11) is 3.30. The Balaban J connectivity index is 2.77. The summed E-state index contributed by atoms with van der Waals surface area (Å²) in [4.78, 5) is 0. The molecule has 4 heteroatoms. The Morgan fingerprint density at radius 2 is 2.20 bits per heavy atom. The number of rotatable bonds is 6. The van der Waals surface area contributed by atoms with Gasteiger partial charge in [0.2, 0.25) is 0 Å². The second-order valence-electron chi connectivity index (χ2n) is 3.26. The Kier molecular flexibility index (Phi) is 5.28. The molecular weight excluding hydrogens is 194 g/mol. The molecule has 0 amide bonds. The fourth-order valence-electron chi connectivity index (χ4n) is 1.45. The average Bonchev–Trinajstić information content (AvgIpc) is 2.27. The maximum atomic E-state index is 8.60. The van der Waals surface area contributed by atoms with Crippen LogP contribution in [-0.2, 0) is 16.0 Å². The number of nitrogens with one attached hydrogen (secondary N) is 1. The number of hydrogen-bond donors (Lipinski definition) is 2. The van der Waals surface area contributed by atoms with Crippen LogP contribution in [0.5, 0.6) is 0 Å². The topological polar surface area (TPSA) is 50.7 Å². The second-order valence-corrected chi connectivity index (χ2v) is 3.26. The maximum Gasteiger partial charge on any atom is 0.105 e. The van der Waals surface area contributed by atoms with Crippen molar-refractivity contribution < 1.29 is 14.7 Å². The second kappa shape index (κ2) is 6.53. The molecule has 1 aromatic carbocycles. The third-order valence-electron chi connectivity index (χ3n) is 2.21. The van der Waals surface area contributed by atoms with Crippen molar-refractivity contribution in [1.82, 2.24) is 5.48 Å². The van der Waals surface area contributed by atoms with Gasteiger partial charge in [0.1, 0.15) is 6.10 Å². The molecule has 1 atom stereocenters. The normalized spacial score (nSPS) is 12.7. The van der Waals surface area contributed by atoms with E-state index in [1.807, 2.05) is 24.3 Å². The lowest BCUT2D eigenvalue weighted by molar-refractivity contribution is 0.0274. The molecule has 0 aliphatic carbocycles. The largest absolute Gasteiger partial charge is 0.382 e. The maximum absolute atomic E-state index is 8.60. The molecule has 0 heterocycles. The van der Waals surface area contributed by atoms with Crippen molar-refractivity contribution >= 4 is 0 Å². The predicted octanol–water partition coefficient (Wildman–Crippen LogP) is 1.50. The smallest absolute Gasteiger partial charge is 0.105 e. The van der Waals surface area contributed by atoms with Gasteiger partial charge in [-0.25, -0.2) is 5.48 Å². The van der Waals surface area contributed by atoms with Gasteiger partial charge < -0.3 is 14.7 Å². The Hall–Kier alpha value is -0.940. The van der Waals surface area contributed by atoms with E-state index in [-0.39, 0.29) is 6.10 Å². The Bertz CT molecular complexity index is 291. The highest BCUT2D eigenvalue weighted by Gasteiger charge is 2.09. The molecule has 0 aliphatic heterocycles. The van der Waals surface area contributed by atoms with Crippen LogP contribution in [0.3, 0.4) is 0 Å². The first-order valence-electron chi connectivity index (χ1n) is 4.79. The van der Waals surface area contributed by atoms with Crippen LogP contribution in [0.15, 0.2) is 24.3 Å². The summed E-state index contributed by atoms with van der Waals surface area (Å²) in [5, 5.41) is 8.60. The number of hydroxylamine groups is 1. The Labute approximate surface area is 89.8 Å². The summed E-state index contributed by atoms with van der Waals surface area (Å²) in [5.74, 6) is 0. The van der Waals surface area contributed by atoms with E-state index in [4.69, 9.17) is 14.7 Å². The van der Waals surface area contributed by atoms with Crippen molar-refractivity contribution in [1.29, 1.82) is 0 Å². The van der Waals surface area contributed by atoms with Gasteiger partial charge >= 0.3 is 0 Å². The molecule has 84 valence electrons. The molecule has 0 radical (unpaired) electrons. The Morgan fingerprint density at radius 3 is 2.80 bits per heavy atom. The number of hydrogen-bond acceptors (Lipinski definition) is 4. The monoisotopic (exact) mass is 211 g/mol. The van der Waals surface area contributed by atoms with Crippen LogP contribution in [0.1, 0.15) is 17.2 Å². The quantitative estimate of drug-likeness (QED) is 0.700. The van der Waals surface area contributed by atoms with Crippen LogP contribution in [-0.4, -0.2) is 26.0 Å². The molecule has 0 saturated carbocycles. The predicted molar refractivity (Wildman–Crippen MR) is 56.7 cm³/mol. The highest BCUT2D eigenvalue weighted by Crippen LogP contribution is 2.18. The zero-order valence-electron chi connectivity index (χ0n) is 9.06. The first-order chi connectivity index (χ1) is 7.31. The zero-order chi connectivity index (χ0) is 11.1. The zero-order valence-corrected chi connectivity index (χ0v) is 9.06. The molecule has 0 fully saturated rings. The molecule has 2 N–H and O–H groups in total. The van der Waals surface area contributed by atoms with E-state index in [1.54, 1.807) is 14.2 Å². The average molecular weight is 211 g/mol. The third kappa shape index (κ3) is 3.60. The number of benzene rings is 1. The highest BCUT2D eigenvalue weighted by atomic mass is 16.5. The van der Waals surface area contributed by atoms with Crippen LogP contribution in [0, 0.1) is 0 Å². The van der Waals surface area contributed by atoms with Gasteiger partial charge in [-0.15, -0.1) is 0 Å². The first-order valence-corrected chi connectivity index (χ1v) is 4.79. The molecule has 0 saturated heterocycles. The van der Waals surface area contributed by atoms with Crippen LogP contribution >= 0.6 is 0 Å². The molecule has 4 nitrogen and oxygen atoms in total. The third-order valence-corrected chi connectivity index (χ3v) is 2.21. The van der Waals surface area contributed by atoms with Gasteiger partial charge in [0.25, 0.3) is 0 Å². The van der Waals surface area contributed by atoms with E-state index < -0.39 is 0 Å². The molecular formula is C11H17NO3. The molecule has 1 unspecified atom stereocenters. The summed E-state index contributed by atoms with van der Waals surface area (Å²) in [6.07, 6.45) is -0.0614. The lowest BCUT2D eigenvalue weighted by Gasteiger charge is -2.15. The molecule has 0 aliphatic rings. The van der Waals surface area contributed by atoms with Gasteiger partial charge in [-0.3, -0.25) is 0 Å².